The van der Waals surface area contributed by atoms with Crippen molar-refractivity contribution in [2.24, 2.45) is 5.92 Å². The molecule has 1 saturated heterocycles. The van der Waals surface area contributed by atoms with E-state index in [1.54, 1.807) is 4.90 Å². The van der Waals surface area contributed by atoms with Gasteiger partial charge in [-0.2, -0.15) is 0 Å². The Morgan fingerprint density at radius 3 is 2.85 bits per heavy atom. The van der Waals surface area contributed by atoms with E-state index in [2.05, 4.69) is 0 Å². The molecule has 2 rings (SSSR count). The van der Waals surface area contributed by atoms with Gasteiger partial charge in [0.2, 0.25) is 5.91 Å². The highest BCUT2D eigenvalue weighted by Crippen LogP contribution is 2.23. The number of piperidine rings is 1. The van der Waals surface area contributed by atoms with Crippen LogP contribution in [-0.4, -0.2) is 40.7 Å². The zero-order valence-electron chi connectivity index (χ0n) is 11.5. The third kappa shape index (κ3) is 3.76. The Labute approximate surface area is 123 Å². The van der Waals surface area contributed by atoms with E-state index in [1.165, 1.54) is 11.8 Å². The van der Waals surface area contributed by atoms with Crippen molar-refractivity contribution in [3.8, 4) is 0 Å². The highest BCUT2D eigenvalue weighted by molar-refractivity contribution is 8.00. The fourth-order valence-electron chi connectivity index (χ4n) is 2.35. The number of nitrogens with zero attached hydrogens (tertiary/aromatic N) is 1. The van der Waals surface area contributed by atoms with E-state index in [1.807, 2.05) is 31.2 Å². The smallest absolute Gasteiger partial charge is 0.308 e. The molecule has 108 valence electrons. The van der Waals surface area contributed by atoms with Crippen molar-refractivity contribution in [1.82, 2.24) is 4.90 Å². The number of carbonyl (C=O) groups excluding carboxylic acids is 1. The normalized spacial score (nSPS) is 18.9. The average Bonchev–Trinajstić information content (AvgIpc) is 2.46. The first-order valence-corrected chi connectivity index (χ1v) is 7.75. The van der Waals surface area contributed by atoms with Crippen molar-refractivity contribution >= 4 is 23.6 Å². The fourth-order valence-corrected chi connectivity index (χ4v) is 3.29. The predicted octanol–water partition coefficient (Wildman–Crippen LogP) is 2.41. The Bertz CT molecular complexity index is 504. The topological polar surface area (TPSA) is 57.6 Å². The summed E-state index contributed by atoms with van der Waals surface area (Å²) in [6, 6.07) is 7.96. The second-order valence-corrected chi connectivity index (χ2v) is 6.09. The number of likely N-dealkylation sites (tertiary alicyclic amines) is 1. The van der Waals surface area contributed by atoms with E-state index in [0.717, 1.165) is 16.9 Å². The molecule has 0 aliphatic carbocycles. The zero-order valence-corrected chi connectivity index (χ0v) is 12.4. The second-order valence-electron chi connectivity index (χ2n) is 5.07. The molecule has 0 bridgehead atoms. The van der Waals surface area contributed by atoms with Crippen LogP contribution in [0.3, 0.4) is 0 Å². The number of amides is 1. The number of thioether (sulfide) groups is 1. The first-order valence-electron chi connectivity index (χ1n) is 6.77. The maximum Gasteiger partial charge on any atom is 0.308 e. The van der Waals surface area contributed by atoms with Gasteiger partial charge in [0.15, 0.2) is 0 Å². The maximum absolute atomic E-state index is 12.2. The van der Waals surface area contributed by atoms with Gasteiger partial charge in [-0.05, 0) is 31.4 Å². The number of carboxylic acids is 1. The molecule has 1 amide bonds. The number of aliphatic carboxylic acids is 1. The van der Waals surface area contributed by atoms with Crippen LogP contribution < -0.4 is 0 Å². The first-order chi connectivity index (χ1) is 9.58. The van der Waals surface area contributed by atoms with Crippen molar-refractivity contribution in [1.29, 1.82) is 0 Å². The Kier molecular flexibility index (Phi) is 5.06. The third-order valence-electron chi connectivity index (χ3n) is 3.57. The van der Waals surface area contributed by atoms with E-state index in [-0.39, 0.29) is 5.91 Å². The number of aryl methyl sites for hydroxylation is 1. The van der Waals surface area contributed by atoms with Crippen LogP contribution in [0, 0.1) is 12.8 Å². The fraction of sp³-hybridized carbons (Fsp3) is 0.467. The standard InChI is InChI=1S/C15H19NO3S/c1-11-5-2-3-7-13(11)20-10-14(17)16-8-4-6-12(9-16)15(18)19/h2-3,5,7,12H,4,6,8-10H2,1H3,(H,18,19)/t12-/m1/s1. The lowest BCUT2D eigenvalue weighted by Crippen LogP contribution is -2.43. The van der Waals surface area contributed by atoms with Crippen molar-refractivity contribution < 1.29 is 14.7 Å². The molecule has 5 heteroatoms. The van der Waals surface area contributed by atoms with Crippen LogP contribution >= 0.6 is 11.8 Å². The summed E-state index contributed by atoms with van der Waals surface area (Å²) in [6.07, 6.45) is 1.45. The van der Waals surface area contributed by atoms with Gasteiger partial charge in [0, 0.05) is 18.0 Å². The number of carboxylic acid groups (broad SMARTS) is 1. The Morgan fingerprint density at radius 1 is 1.40 bits per heavy atom. The van der Waals surface area contributed by atoms with E-state index in [9.17, 15) is 9.59 Å². The minimum absolute atomic E-state index is 0.0317. The van der Waals surface area contributed by atoms with Crippen LogP contribution in [0.4, 0.5) is 0 Å². The van der Waals surface area contributed by atoms with E-state index in [4.69, 9.17) is 5.11 Å². The summed E-state index contributed by atoms with van der Waals surface area (Å²) < 4.78 is 0. The molecule has 20 heavy (non-hydrogen) atoms. The lowest BCUT2D eigenvalue weighted by molar-refractivity contribution is -0.145. The molecule has 0 unspecified atom stereocenters. The van der Waals surface area contributed by atoms with Crippen LogP contribution in [-0.2, 0) is 9.59 Å². The summed E-state index contributed by atoms with van der Waals surface area (Å²) in [5.41, 5.74) is 1.16. The molecule has 1 heterocycles. The summed E-state index contributed by atoms with van der Waals surface area (Å²) >= 11 is 1.52. The van der Waals surface area contributed by atoms with E-state index >= 15 is 0 Å². The molecule has 1 N–H and O–H groups in total. The Balaban J connectivity index is 1.89. The Hall–Kier alpha value is -1.49. The number of benzene rings is 1. The molecule has 0 saturated carbocycles. The van der Waals surface area contributed by atoms with Crippen LogP contribution in [0.2, 0.25) is 0 Å². The van der Waals surface area contributed by atoms with Gasteiger partial charge in [-0.3, -0.25) is 9.59 Å². The van der Waals surface area contributed by atoms with Gasteiger partial charge < -0.3 is 10.0 Å². The van der Waals surface area contributed by atoms with E-state index < -0.39 is 11.9 Å². The number of carbonyl (C=O) groups is 2. The average molecular weight is 293 g/mol. The molecule has 0 radical (unpaired) electrons. The molecule has 1 aromatic rings. The molecule has 1 aliphatic rings. The number of hydrogen-bond acceptors (Lipinski definition) is 3. The van der Waals surface area contributed by atoms with E-state index in [0.29, 0.717) is 25.3 Å². The molecule has 0 spiro atoms. The molecular weight excluding hydrogens is 274 g/mol. The molecular formula is C15H19NO3S. The number of hydrogen-bond donors (Lipinski definition) is 1. The van der Waals surface area contributed by atoms with Crippen LogP contribution in [0.1, 0.15) is 18.4 Å². The summed E-state index contributed by atoms with van der Waals surface area (Å²) in [5.74, 6) is -0.800. The minimum atomic E-state index is -0.797. The van der Waals surface area contributed by atoms with Gasteiger partial charge >= 0.3 is 5.97 Å². The van der Waals surface area contributed by atoms with Crippen LogP contribution in [0.5, 0.6) is 0 Å². The number of rotatable bonds is 4. The summed E-state index contributed by atoms with van der Waals surface area (Å²) in [6.45, 7) is 3.05. The molecule has 1 fully saturated rings. The highest BCUT2D eigenvalue weighted by Gasteiger charge is 2.27. The molecule has 4 nitrogen and oxygen atoms in total. The lowest BCUT2D eigenvalue weighted by Gasteiger charge is -2.30. The van der Waals surface area contributed by atoms with Crippen molar-refractivity contribution in [3.63, 3.8) is 0 Å². The quantitative estimate of drug-likeness (QED) is 0.866. The summed E-state index contributed by atoms with van der Waals surface area (Å²) in [7, 11) is 0. The highest BCUT2D eigenvalue weighted by atomic mass is 32.2. The van der Waals surface area contributed by atoms with Gasteiger partial charge in [0.25, 0.3) is 0 Å². The van der Waals surface area contributed by atoms with Crippen molar-refractivity contribution in [3.05, 3.63) is 29.8 Å². The van der Waals surface area contributed by atoms with Gasteiger partial charge in [-0.25, -0.2) is 0 Å². The van der Waals surface area contributed by atoms with Gasteiger partial charge in [-0.1, -0.05) is 18.2 Å². The van der Waals surface area contributed by atoms with Crippen molar-refractivity contribution in [2.75, 3.05) is 18.8 Å². The molecule has 1 atom stereocenters. The molecule has 1 aromatic carbocycles. The van der Waals surface area contributed by atoms with Gasteiger partial charge in [0.05, 0.1) is 11.7 Å². The lowest BCUT2D eigenvalue weighted by atomic mass is 9.98. The van der Waals surface area contributed by atoms with Gasteiger partial charge in [-0.15, -0.1) is 11.8 Å². The minimum Gasteiger partial charge on any atom is -0.481 e. The summed E-state index contributed by atoms with van der Waals surface area (Å²) in [4.78, 5) is 26.0. The van der Waals surface area contributed by atoms with Crippen molar-refractivity contribution in [2.45, 2.75) is 24.7 Å². The van der Waals surface area contributed by atoms with Crippen LogP contribution in [0.25, 0.3) is 0 Å². The predicted molar refractivity (Wildman–Crippen MR) is 78.8 cm³/mol. The third-order valence-corrected chi connectivity index (χ3v) is 4.73. The van der Waals surface area contributed by atoms with Gasteiger partial charge in [0.1, 0.15) is 0 Å². The Morgan fingerprint density at radius 2 is 2.15 bits per heavy atom. The SMILES string of the molecule is Cc1ccccc1SCC(=O)N1CCC[C@@H](C(=O)O)C1. The largest absolute Gasteiger partial charge is 0.481 e. The van der Waals surface area contributed by atoms with Crippen LogP contribution in [0.15, 0.2) is 29.2 Å². The monoisotopic (exact) mass is 293 g/mol. The zero-order chi connectivity index (χ0) is 14.5. The first kappa shape index (κ1) is 14.9. The molecule has 1 aliphatic heterocycles. The molecule has 0 aromatic heterocycles. The second kappa shape index (κ2) is 6.79. The maximum atomic E-state index is 12.2. The summed E-state index contributed by atoms with van der Waals surface area (Å²) in [5, 5.41) is 9.04.